The molecule has 1 amide bonds. The lowest BCUT2D eigenvalue weighted by molar-refractivity contribution is -0.120. The molecule has 2 aromatic rings. The van der Waals surface area contributed by atoms with Crippen LogP contribution in [0.25, 0.3) is 0 Å². The summed E-state index contributed by atoms with van der Waals surface area (Å²) in [5.74, 6) is -0.102. The molecule has 2 aromatic carbocycles. The maximum Gasteiger partial charge on any atom is 0.387 e. The maximum atomic E-state index is 12.5. The number of halogens is 4. The zero-order valence-electron chi connectivity index (χ0n) is 15.5. The van der Waals surface area contributed by atoms with Crippen LogP contribution in [0.2, 0.25) is 10.0 Å². The Hall–Kier alpha value is -2.09. The quantitative estimate of drug-likeness (QED) is 0.632. The van der Waals surface area contributed by atoms with Crippen LogP contribution in [0, 0.1) is 0 Å². The van der Waals surface area contributed by atoms with Gasteiger partial charge in [-0.25, -0.2) is 0 Å². The molecule has 0 spiro atoms. The molecule has 9 heteroatoms. The highest BCUT2D eigenvalue weighted by atomic mass is 35.5. The van der Waals surface area contributed by atoms with Crippen LogP contribution in [0.4, 0.5) is 14.5 Å². The van der Waals surface area contributed by atoms with Gasteiger partial charge >= 0.3 is 6.61 Å². The molecule has 0 aromatic heterocycles. The topological polar surface area (TPSA) is 50.8 Å². The summed E-state index contributed by atoms with van der Waals surface area (Å²) < 4.78 is 34.4. The zero-order valence-corrected chi connectivity index (χ0v) is 17.0. The van der Waals surface area contributed by atoms with Crippen LogP contribution in [0.3, 0.4) is 0 Å². The fourth-order valence-corrected chi connectivity index (χ4v) is 3.03. The Bertz CT molecular complexity index is 817. The second kappa shape index (κ2) is 9.91. The molecule has 0 saturated carbocycles. The maximum absolute atomic E-state index is 12.5. The lowest BCUT2D eigenvalue weighted by Gasteiger charge is -2.24. The van der Waals surface area contributed by atoms with Gasteiger partial charge in [-0.15, -0.1) is 0 Å². The molecule has 1 atom stereocenters. The summed E-state index contributed by atoms with van der Waals surface area (Å²) in [6.07, 6.45) is 0. The first-order valence-corrected chi connectivity index (χ1v) is 9.04. The smallest absolute Gasteiger partial charge is 0.387 e. The normalized spacial score (nSPS) is 12.2. The first-order chi connectivity index (χ1) is 13.2. The second-order valence-corrected chi connectivity index (χ2v) is 6.98. The lowest BCUT2D eigenvalue weighted by Crippen LogP contribution is -2.39. The zero-order chi connectivity index (χ0) is 20.8. The van der Waals surface area contributed by atoms with E-state index in [2.05, 4.69) is 10.1 Å². The average molecular weight is 433 g/mol. The third-order valence-electron chi connectivity index (χ3n) is 4.05. The highest BCUT2D eigenvalue weighted by molar-refractivity contribution is 6.35. The Morgan fingerprint density at radius 3 is 2.36 bits per heavy atom. The van der Waals surface area contributed by atoms with Crippen molar-refractivity contribution in [3.8, 4) is 11.5 Å². The Labute approximate surface area is 172 Å². The number of methoxy groups -OCH3 is 1. The van der Waals surface area contributed by atoms with Crippen LogP contribution in [0.15, 0.2) is 36.4 Å². The number of nitrogens with one attached hydrogen (secondary N) is 1. The summed E-state index contributed by atoms with van der Waals surface area (Å²) in [5, 5.41) is 3.60. The van der Waals surface area contributed by atoms with E-state index in [1.165, 1.54) is 13.2 Å². The molecule has 0 saturated heterocycles. The molecule has 2 rings (SSSR count). The number of benzene rings is 2. The van der Waals surface area contributed by atoms with Gasteiger partial charge in [0.2, 0.25) is 5.91 Å². The fraction of sp³-hybridized carbons (Fsp3) is 0.316. The summed E-state index contributed by atoms with van der Waals surface area (Å²) in [6, 6.07) is 8.93. The van der Waals surface area contributed by atoms with Crippen molar-refractivity contribution in [1.82, 2.24) is 4.90 Å². The molecule has 0 aliphatic carbocycles. The van der Waals surface area contributed by atoms with E-state index in [0.717, 1.165) is 5.56 Å². The van der Waals surface area contributed by atoms with Gasteiger partial charge in [0.05, 0.1) is 13.2 Å². The van der Waals surface area contributed by atoms with Gasteiger partial charge in [-0.3, -0.25) is 9.69 Å². The molecule has 0 bridgehead atoms. The molecule has 0 radical (unpaired) electrons. The fourth-order valence-electron chi connectivity index (χ4n) is 2.50. The monoisotopic (exact) mass is 432 g/mol. The van der Waals surface area contributed by atoms with E-state index in [1.807, 2.05) is 0 Å². The summed E-state index contributed by atoms with van der Waals surface area (Å²) in [7, 11) is 3.14. The van der Waals surface area contributed by atoms with Crippen molar-refractivity contribution in [2.45, 2.75) is 26.1 Å². The molecule has 0 aliphatic heterocycles. The van der Waals surface area contributed by atoms with Gasteiger partial charge in [0, 0.05) is 22.3 Å². The molecule has 28 heavy (non-hydrogen) atoms. The van der Waals surface area contributed by atoms with Crippen molar-refractivity contribution >= 4 is 34.8 Å². The van der Waals surface area contributed by atoms with E-state index in [1.54, 1.807) is 49.2 Å². The van der Waals surface area contributed by atoms with Crippen LogP contribution in [0.1, 0.15) is 12.5 Å². The van der Waals surface area contributed by atoms with Gasteiger partial charge < -0.3 is 14.8 Å². The predicted molar refractivity (Wildman–Crippen MR) is 106 cm³/mol. The highest BCUT2D eigenvalue weighted by Gasteiger charge is 2.19. The summed E-state index contributed by atoms with van der Waals surface area (Å²) in [6.45, 7) is -0.811. The molecule has 5 nitrogen and oxygen atoms in total. The third kappa shape index (κ3) is 6.22. The van der Waals surface area contributed by atoms with E-state index >= 15 is 0 Å². The van der Waals surface area contributed by atoms with Gasteiger partial charge in [-0.2, -0.15) is 8.78 Å². The summed E-state index contributed by atoms with van der Waals surface area (Å²) >= 11 is 11.9. The molecule has 1 N–H and O–H groups in total. The van der Waals surface area contributed by atoms with Crippen LogP contribution in [-0.4, -0.2) is 37.6 Å². The van der Waals surface area contributed by atoms with Crippen molar-refractivity contribution in [2.75, 3.05) is 19.5 Å². The predicted octanol–water partition coefficient (Wildman–Crippen LogP) is 5.06. The minimum Gasteiger partial charge on any atom is -0.493 e. The number of alkyl halides is 2. The largest absolute Gasteiger partial charge is 0.493 e. The van der Waals surface area contributed by atoms with Crippen LogP contribution in [-0.2, 0) is 11.3 Å². The Balaban J connectivity index is 2.04. The minimum absolute atomic E-state index is 0.0486. The van der Waals surface area contributed by atoms with Crippen molar-refractivity contribution < 1.29 is 23.0 Å². The Morgan fingerprint density at radius 1 is 1.14 bits per heavy atom. The van der Waals surface area contributed by atoms with Crippen LogP contribution < -0.4 is 14.8 Å². The molecule has 152 valence electrons. The number of carbonyl (C=O) groups excluding carboxylic acids is 1. The number of carbonyl (C=O) groups is 1. The van der Waals surface area contributed by atoms with Crippen molar-refractivity contribution in [3.63, 3.8) is 0 Å². The van der Waals surface area contributed by atoms with E-state index in [-0.39, 0.29) is 17.4 Å². The SMILES string of the molecule is COc1cc(CN(C)[C@H](C)C(=O)Nc2cc(Cl)cc(Cl)c2)ccc1OC(F)F. The van der Waals surface area contributed by atoms with Gasteiger partial charge in [0.25, 0.3) is 0 Å². The number of likely N-dealkylation sites (N-methyl/N-ethyl adjacent to an activating group) is 1. The number of hydrogen-bond donors (Lipinski definition) is 1. The number of nitrogens with zero attached hydrogens (tertiary/aromatic N) is 1. The minimum atomic E-state index is -2.94. The second-order valence-electron chi connectivity index (χ2n) is 6.10. The van der Waals surface area contributed by atoms with Gasteiger partial charge in [-0.1, -0.05) is 29.3 Å². The van der Waals surface area contributed by atoms with Crippen molar-refractivity contribution in [1.29, 1.82) is 0 Å². The van der Waals surface area contributed by atoms with E-state index in [9.17, 15) is 13.6 Å². The summed E-state index contributed by atoms with van der Waals surface area (Å²) in [4.78, 5) is 14.3. The van der Waals surface area contributed by atoms with Gasteiger partial charge in [0.1, 0.15) is 0 Å². The molecule has 0 aliphatic rings. The van der Waals surface area contributed by atoms with E-state index in [0.29, 0.717) is 22.3 Å². The standard InChI is InChI=1S/C19H20Cl2F2N2O3/c1-11(18(26)24-15-8-13(20)7-14(21)9-15)25(2)10-12-4-5-16(28-19(22)23)17(6-12)27-3/h4-9,11,19H,10H2,1-3H3,(H,24,26)/t11-/m1/s1. The van der Waals surface area contributed by atoms with E-state index < -0.39 is 12.7 Å². The molecular formula is C19H20Cl2F2N2O3. The highest BCUT2D eigenvalue weighted by Crippen LogP contribution is 2.30. The Morgan fingerprint density at radius 2 is 1.79 bits per heavy atom. The first-order valence-electron chi connectivity index (χ1n) is 8.28. The van der Waals surface area contributed by atoms with Crippen LogP contribution in [0.5, 0.6) is 11.5 Å². The molecule has 0 heterocycles. The van der Waals surface area contributed by atoms with Crippen molar-refractivity contribution in [2.24, 2.45) is 0 Å². The summed E-state index contributed by atoms with van der Waals surface area (Å²) in [5.41, 5.74) is 1.27. The molecular weight excluding hydrogens is 413 g/mol. The number of amides is 1. The van der Waals surface area contributed by atoms with Crippen molar-refractivity contribution in [3.05, 3.63) is 52.0 Å². The Kier molecular flexibility index (Phi) is 7.86. The molecule has 0 fully saturated rings. The lowest BCUT2D eigenvalue weighted by atomic mass is 10.1. The number of rotatable bonds is 8. The number of hydrogen-bond acceptors (Lipinski definition) is 4. The van der Waals surface area contributed by atoms with Gasteiger partial charge in [-0.05, 0) is 49.9 Å². The third-order valence-corrected chi connectivity index (χ3v) is 4.48. The first kappa shape index (κ1) is 22.2. The van der Waals surface area contributed by atoms with Crippen LogP contribution >= 0.6 is 23.2 Å². The number of ether oxygens (including phenoxy) is 2. The number of anilines is 1. The molecule has 0 unspecified atom stereocenters. The van der Waals surface area contributed by atoms with E-state index in [4.69, 9.17) is 27.9 Å². The van der Waals surface area contributed by atoms with Gasteiger partial charge in [0.15, 0.2) is 11.5 Å². The average Bonchev–Trinajstić information content (AvgIpc) is 2.60.